The van der Waals surface area contributed by atoms with Gasteiger partial charge in [0.25, 0.3) is 0 Å². The summed E-state index contributed by atoms with van der Waals surface area (Å²) in [4.78, 5) is 8.61. The smallest absolute Gasteiger partial charge is 0.213 e. The van der Waals surface area contributed by atoms with Crippen molar-refractivity contribution in [2.24, 2.45) is 4.99 Å². The van der Waals surface area contributed by atoms with Crippen LogP contribution >= 0.6 is 24.0 Å². The van der Waals surface area contributed by atoms with Crippen LogP contribution in [-0.4, -0.2) is 31.2 Å². The van der Waals surface area contributed by atoms with Crippen LogP contribution in [0.2, 0.25) is 0 Å². The summed E-state index contributed by atoms with van der Waals surface area (Å²) in [5, 5.41) is 6.55. The number of oxazole rings is 1. The predicted molar refractivity (Wildman–Crippen MR) is 134 cm³/mol. The lowest BCUT2D eigenvalue weighted by Crippen LogP contribution is -2.36. The zero-order valence-electron chi connectivity index (χ0n) is 19.2. The van der Waals surface area contributed by atoms with Crippen molar-refractivity contribution >= 4 is 29.9 Å². The molecule has 0 atom stereocenters. The van der Waals surface area contributed by atoms with Crippen LogP contribution in [0, 0.1) is 0 Å². The van der Waals surface area contributed by atoms with Gasteiger partial charge in [-0.2, -0.15) is 0 Å². The first kappa shape index (κ1) is 25.3. The molecule has 1 aromatic heterocycles. The summed E-state index contributed by atoms with van der Waals surface area (Å²) >= 11 is 0. The Kier molecular flexibility index (Phi) is 9.46. The fourth-order valence-corrected chi connectivity index (χ4v) is 3.41. The molecule has 0 saturated heterocycles. The summed E-state index contributed by atoms with van der Waals surface area (Å²) in [6.07, 6.45) is 6.82. The van der Waals surface area contributed by atoms with Crippen LogP contribution in [0.1, 0.15) is 63.7 Å². The number of nitrogens with one attached hydrogen (secondary N) is 2. The third-order valence-electron chi connectivity index (χ3n) is 5.21. The number of nitrogens with zero attached hydrogens (tertiary/aromatic N) is 2. The zero-order valence-corrected chi connectivity index (χ0v) is 21.5. The van der Waals surface area contributed by atoms with Crippen LogP contribution < -0.4 is 20.1 Å². The molecule has 1 aromatic carbocycles. The Hall–Kier alpha value is -1.97. The van der Waals surface area contributed by atoms with Crippen LogP contribution in [-0.2, 0) is 18.5 Å². The minimum absolute atomic E-state index is 0. The number of ether oxygens (including phenoxy) is 2. The highest BCUT2D eigenvalue weighted by molar-refractivity contribution is 14.0. The molecular formula is C23H35IN4O3. The monoisotopic (exact) mass is 542 g/mol. The second-order valence-electron chi connectivity index (χ2n) is 8.66. The number of methoxy groups -OCH3 is 1. The lowest BCUT2D eigenvalue weighted by molar-refractivity contribution is 0.200. The summed E-state index contributed by atoms with van der Waals surface area (Å²) in [5.41, 5.74) is 1.03. The number of guanidine groups is 1. The van der Waals surface area contributed by atoms with Crippen LogP contribution in [0.15, 0.2) is 33.8 Å². The molecule has 7 nitrogen and oxygen atoms in total. The molecule has 0 unspecified atom stereocenters. The van der Waals surface area contributed by atoms with Gasteiger partial charge in [-0.1, -0.05) is 26.8 Å². The third-order valence-corrected chi connectivity index (χ3v) is 5.21. The van der Waals surface area contributed by atoms with Gasteiger partial charge in [0.05, 0.1) is 26.0 Å². The van der Waals surface area contributed by atoms with E-state index in [0.717, 1.165) is 35.7 Å². The number of hydrogen-bond acceptors (Lipinski definition) is 5. The molecule has 2 N–H and O–H groups in total. The lowest BCUT2D eigenvalue weighted by Gasteiger charge is -2.17. The number of halogens is 1. The molecule has 3 rings (SSSR count). The van der Waals surface area contributed by atoms with E-state index in [0.29, 0.717) is 31.0 Å². The van der Waals surface area contributed by atoms with E-state index in [4.69, 9.17) is 13.9 Å². The first-order valence-corrected chi connectivity index (χ1v) is 10.6. The Morgan fingerprint density at radius 2 is 1.87 bits per heavy atom. The Labute approximate surface area is 202 Å². The van der Waals surface area contributed by atoms with Crippen LogP contribution in [0.3, 0.4) is 0 Å². The fraction of sp³-hybridized carbons (Fsp3) is 0.565. The van der Waals surface area contributed by atoms with Gasteiger partial charge in [-0.25, -0.2) is 4.98 Å². The van der Waals surface area contributed by atoms with Gasteiger partial charge in [0.2, 0.25) is 5.89 Å². The third kappa shape index (κ3) is 7.29. The van der Waals surface area contributed by atoms with Gasteiger partial charge in [-0.05, 0) is 43.4 Å². The highest BCUT2D eigenvalue weighted by atomic mass is 127. The standard InChI is InChI=1S/C23H34N4O3.HI/c1-23(2,3)20-14-25-21(30-20)15-27-22(24-4)26-13-16-10-11-18(19(12-16)28-5)29-17-8-6-7-9-17;/h10-12,14,17H,6-9,13,15H2,1-5H3,(H2,24,26,27);1H. The average molecular weight is 542 g/mol. The summed E-state index contributed by atoms with van der Waals surface area (Å²) in [6, 6.07) is 6.05. The number of benzene rings is 1. The van der Waals surface area contributed by atoms with E-state index in [2.05, 4.69) is 47.4 Å². The summed E-state index contributed by atoms with van der Waals surface area (Å²) < 4.78 is 17.5. The van der Waals surface area contributed by atoms with E-state index in [9.17, 15) is 0 Å². The lowest BCUT2D eigenvalue weighted by atomic mass is 9.94. The number of aliphatic imine (C=N–C) groups is 1. The minimum Gasteiger partial charge on any atom is -0.493 e. The van der Waals surface area contributed by atoms with E-state index in [-0.39, 0.29) is 29.4 Å². The van der Waals surface area contributed by atoms with E-state index < -0.39 is 0 Å². The highest BCUT2D eigenvalue weighted by Crippen LogP contribution is 2.32. The van der Waals surface area contributed by atoms with Gasteiger partial charge in [0, 0.05) is 19.0 Å². The second kappa shape index (κ2) is 11.6. The molecular weight excluding hydrogens is 507 g/mol. The second-order valence-corrected chi connectivity index (χ2v) is 8.66. The predicted octanol–water partition coefficient (Wildman–Crippen LogP) is 4.79. The first-order chi connectivity index (χ1) is 14.4. The number of aromatic nitrogens is 1. The molecule has 0 bridgehead atoms. The van der Waals surface area contributed by atoms with Crippen LogP contribution in [0.25, 0.3) is 0 Å². The molecule has 2 aromatic rings. The van der Waals surface area contributed by atoms with Crippen molar-refractivity contribution in [2.45, 2.75) is 71.1 Å². The normalized spacial score (nSPS) is 14.8. The Morgan fingerprint density at radius 3 is 2.48 bits per heavy atom. The van der Waals surface area contributed by atoms with Gasteiger partial charge in [-0.3, -0.25) is 4.99 Å². The Morgan fingerprint density at radius 1 is 1.16 bits per heavy atom. The zero-order chi connectivity index (χ0) is 21.6. The molecule has 1 heterocycles. The van der Waals surface area contributed by atoms with Gasteiger partial charge >= 0.3 is 0 Å². The number of hydrogen-bond donors (Lipinski definition) is 2. The molecule has 0 amide bonds. The molecule has 8 heteroatoms. The van der Waals surface area contributed by atoms with Crippen LogP contribution in [0.5, 0.6) is 11.5 Å². The van der Waals surface area contributed by atoms with Gasteiger partial charge < -0.3 is 24.5 Å². The maximum absolute atomic E-state index is 6.11. The van der Waals surface area contributed by atoms with E-state index in [1.807, 2.05) is 12.1 Å². The quantitative estimate of drug-likeness (QED) is 0.298. The molecule has 31 heavy (non-hydrogen) atoms. The Balaban J connectivity index is 0.00000341. The van der Waals surface area contributed by atoms with Crippen molar-refractivity contribution in [3.05, 3.63) is 41.6 Å². The van der Waals surface area contributed by atoms with E-state index in [1.165, 1.54) is 12.8 Å². The summed E-state index contributed by atoms with van der Waals surface area (Å²) in [7, 11) is 3.42. The summed E-state index contributed by atoms with van der Waals surface area (Å²) in [6.45, 7) is 7.38. The van der Waals surface area contributed by atoms with Gasteiger partial charge in [0.15, 0.2) is 17.5 Å². The first-order valence-electron chi connectivity index (χ1n) is 10.6. The summed E-state index contributed by atoms with van der Waals surface area (Å²) in [5.74, 6) is 3.76. The van der Waals surface area contributed by atoms with Crippen molar-refractivity contribution in [3.63, 3.8) is 0 Å². The topological polar surface area (TPSA) is 80.9 Å². The average Bonchev–Trinajstić information content (AvgIpc) is 3.40. The molecule has 1 fully saturated rings. The molecule has 1 aliphatic carbocycles. The van der Waals surface area contributed by atoms with Crippen molar-refractivity contribution in [3.8, 4) is 11.5 Å². The highest BCUT2D eigenvalue weighted by Gasteiger charge is 2.20. The minimum atomic E-state index is -0.0577. The van der Waals surface area contributed by atoms with Gasteiger partial charge in [0.1, 0.15) is 5.76 Å². The van der Waals surface area contributed by atoms with E-state index in [1.54, 1.807) is 20.4 Å². The van der Waals surface area contributed by atoms with Crippen LogP contribution in [0.4, 0.5) is 0 Å². The van der Waals surface area contributed by atoms with Crippen molar-refractivity contribution in [2.75, 3.05) is 14.2 Å². The Bertz CT molecular complexity index is 855. The van der Waals surface area contributed by atoms with Crippen molar-refractivity contribution in [1.29, 1.82) is 0 Å². The fourth-order valence-electron chi connectivity index (χ4n) is 3.41. The molecule has 0 aliphatic heterocycles. The van der Waals surface area contributed by atoms with Gasteiger partial charge in [-0.15, -0.1) is 24.0 Å². The largest absolute Gasteiger partial charge is 0.493 e. The SMILES string of the molecule is CN=C(NCc1ccc(OC2CCCC2)c(OC)c1)NCc1ncc(C(C)(C)C)o1.I. The van der Waals surface area contributed by atoms with Crippen molar-refractivity contribution < 1.29 is 13.9 Å². The molecule has 0 spiro atoms. The van der Waals surface area contributed by atoms with E-state index >= 15 is 0 Å². The molecule has 0 radical (unpaired) electrons. The molecule has 1 saturated carbocycles. The number of rotatable bonds is 7. The van der Waals surface area contributed by atoms with Crippen molar-refractivity contribution in [1.82, 2.24) is 15.6 Å². The molecule has 172 valence electrons. The maximum Gasteiger partial charge on any atom is 0.213 e. The molecule has 1 aliphatic rings. The maximum atomic E-state index is 6.11.